The number of hydrogen-bond acceptors (Lipinski definition) is 2. The van der Waals surface area contributed by atoms with Gasteiger partial charge in [-0.3, -0.25) is 4.72 Å². The molecule has 0 saturated carbocycles. The van der Waals surface area contributed by atoms with Crippen molar-refractivity contribution in [2.45, 2.75) is 25.7 Å². The number of hydrogen-bond donors (Lipinski definition) is 1. The lowest BCUT2D eigenvalue weighted by Crippen LogP contribution is -2.33. The van der Waals surface area contributed by atoms with Gasteiger partial charge in [-0.1, -0.05) is 17.7 Å². The van der Waals surface area contributed by atoms with E-state index in [1.807, 2.05) is 39.1 Å². The first-order valence-electron chi connectivity index (χ1n) is 6.36. The molecule has 1 aromatic heterocycles. The van der Waals surface area contributed by atoms with E-state index >= 15 is 0 Å². The zero-order valence-corrected chi connectivity index (χ0v) is 13.0. The third kappa shape index (κ3) is 2.99. The smallest absolute Gasteiger partial charge is 0.268 e. The average Bonchev–Trinajstić information content (AvgIpc) is 2.36. The molecule has 0 radical (unpaired) electrons. The van der Waals surface area contributed by atoms with E-state index in [2.05, 4.69) is 4.72 Å². The molecule has 20 heavy (non-hydrogen) atoms. The lowest BCUT2D eigenvalue weighted by Gasteiger charge is -2.10. The topological polar surface area (TPSA) is 50.1 Å². The second kappa shape index (κ2) is 5.25. The summed E-state index contributed by atoms with van der Waals surface area (Å²) in [5.41, 5.74) is 3.40. The molecule has 0 bridgehead atoms. The molecule has 0 aliphatic carbocycles. The van der Waals surface area contributed by atoms with E-state index in [1.54, 1.807) is 29.8 Å². The van der Waals surface area contributed by atoms with Gasteiger partial charge in [-0.25, -0.2) is 13.0 Å². The van der Waals surface area contributed by atoms with Gasteiger partial charge in [-0.15, -0.1) is 0 Å². The number of pyridine rings is 1. The normalized spacial score (nSPS) is 11.4. The van der Waals surface area contributed by atoms with Crippen molar-refractivity contribution in [1.82, 2.24) is 0 Å². The summed E-state index contributed by atoms with van der Waals surface area (Å²) in [6, 6.07) is 9.14. The van der Waals surface area contributed by atoms with Gasteiger partial charge in [0.1, 0.15) is 7.05 Å². The Hall–Kier alpha value is -1.88. The van der Waals surface area contributed by atoms with Crippen LogP contribution in [0.1, 0.15) is 16.8 Å². The third-order valence-electron chi connectivity index (χ3n) is 3.27. The molecule has 1 heterocycles. The van der Waals surface area contributed by atoms with E-state index in [1.165, 1.54) is 0 Å². The molecule has 0 atom stereocenters. The van der Waals surface area contributed by atoms with Gasteiger partial charge in [0, 0.05) is 18.7 Å². The Morgan fingerprint density at radius 1 is 1.05 bits per heavy atom. The maximum absolute atomic E-state index is 12.4. The molecule has 5 heteroatoms. The summed E-state index contributed by atoms with van der Waals surface area (Å²) >= 11 is 0. The Bertz CT molecular complexity index is 735. The first kappa shape index (κ1) is 14.5. The van der Waals surface area contributed by atoms with E-state index < -0.39 is 10.0 Å². The highest BCUT2D eigenvalue weighted by Gasteiger charge is 2.21. The molecule has 0 unspecified atom stereocenters. The van der Waals surface area contributed by atoms with Gasteiger partial charge in [-0.2, -0.15) is 0 Å². The highest BCUT2D eigenvalue weighted by atomic mass is 32.2. The summed E-state index contributed by atoms with van der Waals surface area (Å²) in [6.45, 7) is 5.70. The van der Waals surface area contributed by atoms with Gasteiger partial charge in [0.05, 0.1) is 0 Å². The van der Waals surface area contributed by atoms with Crippen molar-refractivity contribution in [3.63, 3.8) is 0 Å². The minimum atomic E-state index is -3.57. The monoisotopic (exact) mass is 291 g/mol. The van der Waals surface area contributed by atoms with Crippen LogP contribution in [0.4, 0.5) is 5.69 Å². The lowest BCUT2D eigenvalue weighted by atomic mass is 10.2. The number of rotatable bonds is 3. The first-order chi connectivity index (χ1) is 9.29. The SMILES string of the molecule is Cc1ccc(NS(=O)(=O)c2c[n+](C)c(C)cc2C)cc1. The summed E-state index contributed by atoms with van der Waals surface area (Å²) < 4.78 is 29.3. The molecule has 2 rings (SSSR count). The third-order valence-corrected chi connectivity index (χ3v) is 4.79. The van der Waals surface area contributed by atoms with Crippen LogP contribution in [-0.2, 0) is 17.1 Å². The second-order valence-electron chi connectivity index (χ2n) is 5.04. The Morgan fingerprint density at radius 3 is 2.25 bits per heavy atom. The molecule has 0 spiro atoms. The van der Waals surface area contributed by atoms with Crippen molar-refractivity contribution in [3.8, 4) is 0 Å². The second-order valence-corrected chi connectivity index (χ2v) is 6.70. The van der Waals surface area contributed by atoms with Crippen LogP contribution in [0, 0.1) is 20.8 Å². The number of aromatic nitrogens is 1. The predicted molar refractivity (Wildman–Crippen MR) is 79.1 cm³/mol. The number of aryl methyl sites for hydroxylation is 4. The largest absolute Gasteiger partial charge is 0.279 e. The van der Waals surface area contributed by atoms with Crippen LogP contribution in [0.3, 0.4) is 0 Å². The van der Waals surface area contributed by atoms with Gasteiger partial charge in [-0.05, 0) is 31.5 Å². The molecule has 1 aromatic carbocycles. The molecule has 106 valence electrons. The van der Waals surface area contributed by atoms with Crippen molar-refractivity contribution < 1.29 is 13.0 Å². The molecular weight excluding hydrogens is 272 g/mol. The molecule has 1 N–H and O–H groups in total. The van der Waals surface area contributed by atoms with Crippen molar-refractivity contribution >= 4 is 15.7 Å². The Morgan fingerprint density at radius 2 is 1.65 bits per heavy atom. The minimum Gasteiger partial charge on any atom is -0.279 e. The molecule has 0 fully saturated rings. The number of anilines is 1. The van der Waals surface area contributed by atoms with Crippen molar-refractivity contribution in [2.75, 3.05) is 4.72 Å². The lowest BCUT2D eigenvalue weighted by molar-refractivity contribution is -0.679. The quantitative estimate of drug-likeness (QED) is 0.882. The van der Waals surface area contributed by atoms with Gasteiger partial charge in [0.2, 0.25) is 0 Å². The fraction of sp³-hybridized carbons (Fsp3) is 0.267. The van der Waals surface area contributed by atoms with Crippen molar-refractivity contribution in [2.24, 2.45) is 7.05 Å². The standard InChI is InChI=1S/C15H19N2O2S/c1-11-5-7-14(8-6-11)16-20(18,19)15-10-17(4)13(3)9-12(15)2/h5-10,16H,1-4H3/q+1. The maximum atomic E-state index is 12.4. The minimum absolute atomic E-state index is 0.297. The Kier molecular flexibility index (Phi) is 3.81. The number of sulfonamides is 1. The fourth-order valence-corrected chi connectivity index (χ4v) is 3.31. The zero-order valence-electron chi connectivity index (χ0n) is 12.1. The summed E-state index contributed by atoms with van der Waals surface area (Å²) in [7, 11) is -1.73. The van der Waals surface area contributed by atoms with Crippen LogP contribution in [-0.4, -0.2) is 8.42 Å². The van der Waals surface area contributed by atoms with Crippen LogP contribution in [0.15, 0.2) is 41.4 Å². The number of nitrogens with zero attached hydrogens (tertiary/aromatic N) is 1. The molecule has 0 saturated heterocycles. The molecular formula is C15H19N2O2S+. The van der Waals surface area contributed by atoms with Gasteiger partial charge < -0.3 is 0 Å². The molecule has 0 aliphatic heterocycles. The van der Waals surface area contributed by atoms with Crippen LogP contribution in [0.2, 0.25) is 0 Å². The predicted octanol–water partition coefficient (Wildman–Crippen LogP) is 2.24. The molecule has 0 aliphatic rings. The van der Waals surface area contributed by atoms with E-state index in [-0.39, 0.29) is 0 Å². The van der Waals surface area contributed by atoms with Crippen LogP contribution < -0.4 is 9.29 Å². The van der Waals surface area contributed by atoms with E-state index in [4.69, 9.17) is 0 Å². The molecule has 2 aromatic rings. The number of nitrogens with one attached hydrogen (secondary N) is 1. The van der Waals surface area contributed by atoms with Gasteiger partial charge in [0.15, 0.2) is 16.8 Å². The van der Waals surface area contributed by atoms with Crippen LogP contribution in [0.25, 0.3) is 0 Å². The average molecular weight is 291 g/mol. The summed E-state index contributed by atoms with van der Waals surface area (Å²) in [5.74, 6) is 0. The van der Waals surface area contributed by atoms with Crippen molar-refractivity contribution in [3.05, 3.63) is 53.3 Å². The van der Waals surface area contributed by atoms with E-state index in [0.29, 0.717) is 10.6 Å². The Labute approximate surface area is 120 Å². The zero-order chi connectivity index (χ0) is 14.9. The molecule has 4 nitrogen and oxygen atoms in total. The van der Waals surface area contributed by atoms with E-state index in [9.17, 15) is 8.42 Å². The highest BCUT2D eigenvalue weighted by Crippen LogP contribution is 2.18. The van der Waals surface area contributed by atoms with Gasteiger partial charge >= 0.3 is 0 Å². The van der Waals surface area contributed by atoms with Crippen LogP contribution in [0.5, 0.6) is 0 Å². The fourth-order valence-electron chi connectivity index (χ4n) is 1.98. The van der Waals surface area contributed by atoms with Gasteiger partial charge in [0.25, 0.3) is 10.0 Å². The number of benzene rings is 1. The van der Waals surface area contributed by atoms with Crippen molar-refractivity contribution in [1.29, 1.82) is 0 Å². The Balaban J connectivity index is 2.40. The van der Waals surface area contributed by atoms with E-state index in [0.717, 1.165) is 16.8 Å². The van der Waals surface area contributed by atoms with Crippen LogP contribution >= 0.6 is 0 Å². The highest BCUT2D eigenvalue weighted by molar-refractivity contribution is 7.92. The maximum Gasteiger partial charge on any atom is 0.268 e. The molecule has 0 amide bonds. The first-order valence-corrected chi connectivity index (χ1v) is 7.84. The summed E-state index contributed by atoms with van der Waals surface area (Å²) in [4.78, 5) is 0.297. The summed E-state index contributed by atoms with van der Waals surface area (Å²) in [5, 5.41) is 0. The summed E-state index contributed by atoms with van der Waals surface area (Å²) in [6.07, 6.45) is 1.64.